The molecular weight excluding hydrogens is 365 g/mol. The highest BCUT2D eigenvalue weighted by Gasteiger charge is 2.33. The molecule has 1 heterocycles. The number of ether oxygens (including phenoxy) is 1. The van der Waals surface area contributed by atoms with Gasteiger partial charge in [0.15, 0.2) is 8.03 Å². The van der Waals surface area contributed by atoms with E-state index in [2.05, 4.69) is 5.32 Å². The summed E-state index contributed by atoms with van der Waals surface area (Å²) in [5.41, 5.74) is 0.958. The van der Waals surface area contributed by atoms with E-state index in [9.17, 15) is 14.3 Å². The molecule has 27 heavy (non-hydrogen) atoms. The Bertz CT molecular complexity index is 654. The van der Waals surface area contributed by atoms with Gasteiger partial charge in [0.25, 0.3) is 0 Å². The summed E-state index contributed by atoms with van der Waals surface area (Å²) >= 11 is 0. The molecule has 0 aromatic heterocycles. The average Bonchev–Trinajstić information content (AvgIpc) is 2.68. The monoisotopic (exact) mass is 395 g/mol. The van der Waals surface area contributed by atoms with E-state index in [1.807, 2.05) is 6.07 Å². The van der Waals surface area contributed by atoms with Gasteiger partial charge in [-0.15, -0.1) is 0 Å². The minimum atomic E-state index is -2.64. The fraction of sp³-hybridized carbons (Fsp3) is 0.650. The number of morpholine rings is 1. The fourth-order valence-electron chi connectivity index (χ4n) is 4.34. The van der Waals surface area contributed by atoms with Crippen molar-refractivity contribution >= 4 is 14.0 Å². The van der Waals surface area contributed by atoms with Crippen LogP contribution in [0.5, 0.6) is 0 Å². The van der Waals surface area contributed by atoms with E-state index in [1.165, 1.54) is 19.3 Å². The Balaban J connectivity index is 1.52. The molecule has 2 fully saturated rings. The number of carboxylic acids is 1. The Morgan fingerprint density at radius 2 is 2.07 bits per heavy atom. The van der Waals surface area contributed by atoms with Crippen LogP contribution in [0.15, 0.2) is 24.3 Å². The molecule has 150 valence electrons. The van der Waals surface area contributed by atoms with E-state index in [1.54, 1.807) is 18.2 Å². The van der Waals surface area contributed by atoms with Gasteiger partial charge in [-0.25, -0.2) is 4.79 Å². The van der Waals surface area contributed by atoms with Gasteiger partial charge < -0.3 is 20.1 Å². The Hall–Kier alpha value is -1.20. The zero-order chi connectivity index (χ0) is 19.2. The Morgan fingerprint density at radius 1 is 1.30 bits per heavy atom. The van der Waals surface area contributed by atoms with Crippen LogP contribution in [0.3, 0.4) is 0 Å². The van der Waals surface area contributed by atoms with Gasteiger partial charge in [-0.1, -0.05) is 44.2 Å². The Labute approximate surface area is 161 Å². The SMILES string of the molecule is O=C(O)c1cccc(C[C@@H]2CO[C@@H](C(CC3CCCCC3)[PH](=O)O)CN2)c1. The molecule has 1 saturated carbocycles. The van der Waals surface area contributed by atoms with Crippen molar-refractivity contribution in [2.45, 2.75) is 62.8 Å². The van der Waals surface area contributed by atoms with Crippen molar-refractivity contribution in [1.82, 2.24) is 5.32 Å². The fourth-order valence-corrected chi connectivity index (χ4v) is 5.41. The van der Waals surface area contributed by atoms with Crippen LogP contribution >= 0.6 is 8.03 Å². The molecule has 3 rings (SSSR count). The molecule has 1 aromatic rings. The van der Waals surface area contributed by atoms with Crippen molar-refractivity contribution in [2.24, 2.45) is 5.92 Å². The predicted octanol–water partition coefficient (Wildman–Crippen LogP) is 3.09. The smallest absolute Gasteiger partial charge is 0.335 e. The summed E-state index contributed by atoms with van der Waals surface area (Å²) in [7, 11) is -2.64. The molecular formula is C20H30NO5P. The molecule has 6 nitrogen and oxygen atoms in total. The third kappa shape index (κ3) is 5.89. The van der Waals surface area contributed by atoms with E-state index >= 15 is 0 Å². The second-order valence-electron chi connectivity index (χ2n) is 7.87. The number of aromatic carboxylic acids is 1. The lowest BCUT2D eigenvalue weighted by molar-refractivity contribution is -0.00266. The first-order valence-electron chi connectivity index (χ1n) is 9.93. The maximum Gasteiger partial charge on any atom is 0.335 e. The van der Waals surface area contributed by atoms with Crippen LogP contribution in [-0.2, 0) is 15.7 Å². The minimum Gasteiger partial charge on any atom is -0.478 e. The molecule has 0 bridgehead atoms. The molecule has 3 N–H and O–H groups in total. The molecule has 4 atom stereocenters. The van der Waals surface area contributed by atoms with Crippen LogP contribution in [0, 0.1) is 5.92 Å². The summed E-state index contributed by atoms with van der Waals surface area (Å²) < 4.78 is 18.0. The number of nitrogens with one attached hydrogen (secondary N) is 1. The molecule has 0 amide bonds. The zero-order valence-corrected chi connectivity index (χ0v) is 16.6. The number of carbonyl (C=O) groups is 1. The topological polar surface area (TPSA) is 95.9 Å². The lowest BCUT2D eigenvalue weighted by atomic mass is 9.85. The molecule has 0 spiro atoms. The van der Waals surface area contributed by atoms with Gasteiger partial charge in [0.1, 0.15) is 0 Å². The lowest BCUT2D eigenvalue weighted by Gasteiger charge is -2.36. The largest absolute Gasteiger partial charge is 0.478 e. The number of hydrogen-bond donors (Lipinski definition) is 3. The standard InChI is InChI=1S/C20H30NO5P/c22-20(23)16-8-4-7-15(9-16)10-17-13-26-18(12-21-17)19(27(24)25)11-14-5-2-1-3-6-14/h4,7-9,14,17-19,21,27H,1-3,5-6,10-13H2,(H,22,23)(H,24,25)/t17-,18-,19?/m1/s1. The Kier molecular flexibility index (Phi) is 7.48. The molecule has 0 radical (unpaired) electrons. The van der Waals surface area contributed by atoms with Gasteiger partial charge in [0.2, 0.25) is 0 Å². The summed E-state index contributed by atoms with van der Waals surface area (Å²) in [6, 6.07) is 7.03. The van der Waals surface area contributed by atoms with Crippen LogP contribution < -0.4 is 5.32 Å². The molecule has 7 heteroatoms. The minimum absolute atomic E-state index is 0.0849. The number of rotatable bonds is 7. The Morgan fingerprint density at radius 3 is 2.70 bits per heavy atom. The first kappa shape index (κ1) is 20.5. The summed E-state index contributed by atoms with van der Waals surface area (Å²) in [4.78, 5) is 21.0. The van der Waals surface area contributed by atoms with Gasteiger partial charge >= 0.3 is 5.97 Å². The molecule has 1 saturated heterocycles. The van der Waals surface area contributed by atoms with Crippen LogP contribution in [-0.4, -0.2) is 46.9 Å². The van der Waals surface area contributed by atoms with Gasteiger partial charge in [0.05, 0.1) is 23.9 Å². The van der Waals surface area contributed by atoms with E-state index in [0.29, 0.717) is 25.5 Å². The van der Waals surface area contributed by atoms with Gasteiger partial charge in [0, 0.05) is 12.6 Å². The highest BCUT2D eigenvalue weighted by atomic mass is 31.1. The molecule has 1 aliphatic heterocycles. The number of hydrogen-bond acceptors (Lipinski definition) is 4. The highest BCUT2D eigenvalue weighted by molar-refractivity contribution is 7.39. The summed E-state index contributed by atoms with van der Waals surface area (Å²) in [5, 5.41) is 12.5. The average molecular weight is 395 g/mol. The summed E-state index contributed by atoms with van der Waals surface area (Å²) in [6.07, 6.45) is 7.30. The first-order valence-corrected chi connectivity index (χ1v) is 11.4. The van der Waals surface area contributed by atoms with Crippen molar-refractivity contribution < 1.29 is 24.1 Å². The second kappa shape index (κ2) is 9.83. The predicted molar refractivity (Wildman–Crippen MR) is 105 cm³/mol. The highest BCUT2D eigenvalue weighted by Crippen LogP contribution is 2.37. The van der Waals surface area contributed by atoms with Crippen molar-refractivity contribution in [1.29, 1.82) is 0 Å². The molecule has 1 aliphatic carbocycles. The third-order valence-corrected chi connectivity index (χ3v) is 7.10. The maximum absolute atomic E-state index is 12.0. The van der Waals surface area contributed by atoms with Gasteiger partial charge in [-0.05, 0) is 36.5 Å². The second-order valence-corrected chi connectivity index (χ2v) is 9.29. The first-order chi connectivity index (χ1) is 13.0. The molecule has 2 aliphatic rings. The third-order valence-electron chi connectivity index (χ3n) is 5.85. The van der Waals surface area contributed by atoms with Gasteiger partial charge in [-0.3, -0.25) is 4.57 Å². The van der Waals surface area contributed by atoms with E-state index in [-0.39, 0.29) is 23.4 Å². The van der Waals surface area contributed by atoms with Crippen LogP contribution in [0.1, 0.15) is 54.4 Å². The zero-order valence-electron chi connectivity index (χ0n) is 15.6. The summed E-state index contributed by atoms with van der Waals surface area (Å²) in [5.74, 6) is -0.381. The van der Waals surface area contributed by atoms with Crippen molar-refractivity contribution in [3.05, 3.63) is 35.4 Å². The normalized spacial score (nSPS) is 26.4. The van der Waals surface area contributed by atoms with E-state index < -0.39 is 14.0 Å². The van der Waals surface area contributed by atoms with Crippen LogP contribution in [0.2, 0.25) is 0 Å². The summed E-state index contributed by atoms with van der Waals surface area (Å²) in [6.45, 7) is 1.04. The molecule has 2 unspecified atom stereocenters. The van der Waals surface area contributed by atoms with Crippen molar-refractivity contribution in [3.8, 4) is 0 Å². The lowest BCUT2D eigenvalue weighted by Crippen LogP contribution is -2.51. The van der Waals surface area contributed by atoms with Crippen molar-refractivity contribution in [3.63, 3.8) is 0 Å². The number of benzene rings is 1. The van der Waals surface area contributed by atoms with Crippen LogP contribution in [0.25, 0.3) is 0 Å². The van der Waals surface area contributed by atoms with Crippen molar-refractivity contribution in [2.75, 3.05) is 13.2 Å². The van der Waals surface area contributed by atoms with E-state index in [0.717, 1.165) is 24.8 Å². The number of carboxylic acid groups (broad SMARTS) is 1. The maximum atomic E-state index is 12.0. The molecule has 1 aromatic carbocycles. The quantitative estimate of drug-likeness (QED) is 0.614. The van der Waals surface area contributed by atoms with Crippen LogP contribution in [0.4, 0.5) is 0 Å². The van der Waals surface area contributed by atoms with E-state index in [4.69, 9.17) is 9.84 Å². The van der Waals surface area contributed by atoms with Gasteiger partial charge in [-0.2, -0.15) is 0 Å².